The van der Waals surface area contributed by atoms with Gasteiger partial charge in [0.2, 0.25) is 0 Å². The van der Waals surface area contributed by atoms with Crippen LogP contribution in [0.2, 0.25) is 0 Å². The van der Waals surface area contributed by atoms with Crippen LogP contribution >= 0.6 is 0 Å². The smallest absolute Gasteiger partial charge is 0.439 e. The van der Waals surface area contributed by atoms with Gasteiger partial charge in [-0.3, -0.25) is 4.79 Å². The molecule has 1 atom stereocenters. The Morgan fingerprint density at radius 1 is 1.57 bits per heavy atom. The summed E-state index contributed by atoms with van der Waals surface area (Å²) in [5, 5.41) is 0. The number of carbonyl (C=O) groups excluding carboxylic acids is 2. The van der Waals surface area contributed by atoms with Gasteiger partial charge in [-0.25, -0.2) is 4.79 Å². The fourth-order valence-corrected chi connectivity index (χ4v) is 1.20. The summed E-state index contributed by atoms with van der Waals surface area (Å²) >= 11 is 0. The van der Waals surface area contributed by atoms with Crippen LogP contribution in [0.3, 0.4) is 0 Å². The van der Waals surface area contributed by atoms with E-state index in [1.54, 1.807) is 0 Å². The van der Waals surface area contributed by atoms with Crippen LogP contribution in [0, 0.1) is 0 Å². The molecule has 0 saturated carbocycles. The summed E-state index contributed by atoms with van der Waals surface area (Å²) in [7, 11) is 0.808. The molecule has 1 saturated heterocycles. The Bertz CT molecular complexity index is 273. The second-order valence-electron chi connectivity index (χ2n) is 2.79. The lowest BCUT2D eigenvalue weighted by molar-refractivity contribution is -0.260. The summed E-state index contributed by atoms with van der Waals surface area (Å²) in [5.74, 6) is -2.64. The van der Waals surface area contributed by atoms with Crippen molar-refractivity contribution in [1.82, 2.24) is 0 Å². The molecule has 1 rings (SSSR count). The zero-order valence-electron chi connectivity index (χ0n) is 7.18. The van der Waals surface area contributed by atoms with Crippen LogP contribution in [-0.2, 0) is 19.1 Å². The van der Waals surface area contributed by atoms with Crippen LogP contribution in [0.15, 0.2) is 0 Å². The maximum Gasteiger partial charge on any atom is 0.439 e. The molecule has 0 N–H and O–H groups in total. The van der Waals surface area contributed by atoms with Gasteiger partial charge in [0, 0.05) is 6.42 Å². The third-order valence-electron chi connectivity index (χ3n) is 1.94. The molecule has 0 aromatic heterocycles. The van der Waals surface area contributed by atoms with E-state index in [0.29, 0.717) is 0 Å². The van der Waals surface area contributed by atoms with Crippen molar-refractivity contribution < 1.29 is 32.2 Å². The van der Waals surface area contributed by atoms with Crippen molar-refractivity contribution in [2.24, 2.45) is 0 Å². The second kappa shape index (κ2) is 3.14. The Kier molecular flexibility index (Phi) is 2.43. The number of carbonyl (C=O) groups is 2. The number of rotatable bonds is 1. The summed E-state index contributed by atoms with van der Waals surface area (Å²) in [6.07, 6.45) is -6.09. The predicted molar refractivity (Wildman–Crippen MR) is 36.1 cm³/mol. The number of hydrogen-bond acceptors (Lipinski definition) is 4. The normalized spacial score (nSPS) is 27.3. The highest BCUT2D eigenvalue weighted by Gasteiger charge is 2.67. The molecule has 14 heavy (non-hydrogen) atoms. The number of alkyl halides is 3. The molecule has 1 heterocycles. The van der Waals surface area contributed by atoms with E-state index >= 15 is 0 Å². The summed E-state index contributed by atoms with van der Waals surface area (Å²) in [5.41, 5.74) is -3.10. The zero-order chi connectivity index (χ0) is 11.0. The lowest BCUT2D eigenvalue weighted by atomic mass is 10.00. The molecule has 0 bridgehead atoms. The molecule has 0 aliphatic carbocycles. The molecule has 1 fully saturated rings. The van der Waals surface area contributed by atoms with Crippen LogP contribution in [0.1, 0.15) is 12.8 Å². The lowest BCUT2D eigenvalue weighted by Gasteiger charge is -2.26. The third-order valence-corrected chi connectivity index (χ3v) is 1.94. The summed E-state index contributed by atoms with van der Waals surface area (Å²) in [4.78, 5) is 21.5. The second-order valence-corrected chi connectivity index (χ2v) is 2.79. The standard InChI is InChI=1S/C7H7F3O4/c1-13-5(12)6(7(8,9)10)3-2-4(11)14-6/h2-3H2,1H3. The average molecular weight is 212 g/mol. The fraction of sp³-hybridized carbons (Fsp3) is 0.714. The van der Waals surface area contributed by atoms with Gasteiger partial charge in [-0.2, -0.15) is 13.2 Å². The molecular formula is C7H7F3O4. The van der Waals surface area contributed by atoms with E-state index in [4.69, 9.17) is 0 Å². The summed E-state index contributed by atoms with van der Waals surface area (Å²) < 4.78 is 45.3. The maximum absolute atomic E-state index is 12.4. The lowest BCUT2D eigenvalue weighted by Crippen LogP contribution is -2.52. The van der Waals surface area contributed by atoms with Gasteiger partial charge < -0.3 is 9.47 Å². The number of ether oxygens (including phenoxy) is 2. The molecule has 7 heteroatoms. The quantitative estimate of drug-likeness (QED) is 0.603. The van der Waals surface area contributed by atoms with E-state index in [1.807, 2.05) is 0 Å². The average Bonchev–Trinajstić information content (AvgIpc) is 2.46. The van der Waals surface area contributed by atoms with Gasteiger partial charge in [0.1, 0.15) is 0 Å². The SMILES string of the molecule is COC(=O)C1(C(F)(F)F)CCC(=O)O1. The van der Waals surface area contributed by atoms with Crippen LogP contribution in [0.5, 0.6) is 0 Å². The van der Waals surface area contributed by atoms with E-state index in [1.165, 1.54) is 0 Å². The first-order valence-corrected chi connectivity index (χ1v) is 3.70. The van der Waals surface area contributed by atoms with Crippen LogP contribution in [-0.4, -0.2) is 30.8 Å². The van der Waals surface area contributed by atoms with Gasteiger partial charge in [-0.15, -0.1) is 0 Å². The Balaban J connectivity index is 3.04. The number of halogens is 3. The Morgan fingerprint density at radius 3 is 2.43 bits per heavy atom. The maximum atomic E-state index is 12.4. The minimum atomic E-state index is -4.94. The molecular weight excluding hydrogens is 205 g/mol. The molecule has 4 nitrogen and oxygen atoms in total. The van der Waals surface area contributed by atoms with E-state index in [0.717, 1.165) is 7.11 Å². The molecule has 0 aromatic rings. The number of esters is 2. The molecule has 1 aliphatic rings. The molecule has 0 aromatic carbocycles. The number of cyclic esters (lactones) is 1. The first-order chi connectivity index (χ1) is 6.33. The van der Waals surface area contributed by atoms with E-state index in [9.17, 15) is 22.8 Å². The van der Waals surface area contributed by atoms with E-state index in [-0.39, 0.29) is 0 Å². The molecule has 0 amide bonds. The molecule has 1 unspecified atom stereocenters. The minimum absolute atomic E-state index is 0.436. The monoisotopic (exact) mass is 212 g/mol. The predicted octanol–water partition coefficient (Wildman–Crippen LogP) is 0.797. The largest absolute Gasteiger partial charge is 0.466 e. The van der Waals surface area contributed by atoms with Crippen molar-refractivity contribution in [3.05, 3.63) is 0 Å². The highest BCUT2D eigenvalue weighted by atomic mass is 19.4. The van der Waals surface area contributed by atoms with E-state index in [2.05, 4.69) is 9.47 Å². The highest BCUT2D eigenvalue weighted by Crippen LogP contribution is 2.42. The summed E-state index contributed by atoms with van der Waals surface area (Å²) in [6.45, 7) is 0. The van der Waals surface area contributed by atoms with Crippen molar-refractivity contribution >= 4 is 11.9 Å². The molecule has 0 spiro atoms. The fourth-order valence-electron chi connectivity index (χ4n) is 1.20. The first kappa shape index (κ1) is 10.8. The first-order valence-electron chi connectivity index (χ1n) is 3.70. The molecule has 1 aliphatic heterocycles. The Labute approximate surface area is 77.0 Å². The minimum Gasteiger partial charge on any atom is -0.466 e. The van der Waals surface area contributed by atoms with Gasteiger partial charge >= 0.3 is 23.7 Å². The van der Waals surface area contributed by atoms with Crippen LogP contribution < -0.4 is 0 Å². The van der Waals surface area contributed by atoms with E-state index < -0.39 is 36.6 Å². The topological polar surface area (TPSA) is 52.6 Å². The summed E-state index contributed by atoms with van der Waals surface area (Å²) in [6, 6.07) is 0. The number of methoxy groups -OCH3 is 1. The van der Waals surface area contributed by atoms with Crippen LogP contribution in [0.25, 0.3) is 0 Å². The molecule has 80 valence electrons. The van der Waals surface area contributed by atoms with Crippen molar-refractivity contribution in [2.75, 3.05) is 7.11 Å². The zero-order valence-corrected chi connectivity index (χ0v) is 7.18. The Morgan fingerprint density at radius 2 is 2.14 bits per heavy atom. The van der Waals surface area contributed by atoms with Crippen LogP contribution in [0.4, 0.5) is 13.2 Å². The van der Waals surface area contributed by atoms with Gasteiger partial charge in [0.15, 0.2) is 0 Å². The number of hydrogen-bond donors (Lipinski definition) is 0. The van der Waals surface area contributed by atoms with Gasteiger partial charge in [-0.05, 0) is 0 Å². The third kappa shape index (κ3) is 1.42. The van der Waals surface area contributed by atoms with Gasteiger partial charge in [0.05, 0.1) is 13.5 Å². The van der Waals surface area contributed by atoms with Crippen molar-refractivity contribution in [1.29, 1.82) is 0 Å². The Hall–Kier alpha value is -1.27. The van der Waals surface area contributed by atoms with Crippen molar-refractivity contribution in [2.45, 2.75) is 24.6 Å². The van der Waals surface area contributed by atoms with Gasteiger partial charge in [-0.1, -0.05) is 0 Å². The van der Waals surface area contributed by atoms with Crippen molar-refractivity contribution in [3.8, 4) is 0 Å². The molecule has 0 radical (unpaired) electrons. The highest BCUT2D eigenvalue weighted by molar-refractivity contribution is 5.87. The van der Waals surface area contributed by atoms with Crippen molar-refractivity contribution in [3.63, 3.8) is 0 Å². The van der Waals surface area contributed by atoms with Gasteiger partial charge in [0.25, 0.3) is 0 Å².